The molecule has 0 unspecified atom stereocenters. The zero-order valence-corrected chi connectivity index (χ0v) is 33.2. The van der Waals surface area contributed by atoms with E-state index in [4.69, 9.17) is 0 Å². The van der Waals surface area contributed by atoms with E-state index in [1.165, 1.54) is 93.0 Å². The van der Waals surface area contributed by atoms with Crippen molar-refractivity contribution in [1.82, 2.24) is 0 Å². The molecular formula is C56H39NS. The Labute approximate surface area is 344 Å². The van der Waals surface area contributed by atoms with Gasteiger partial charge in [0.05, 0.1) is 11.1 Å². The fraction of sp³-hybridized carbons (Fsp3) is 0.0714. The monoisotopic (exact) mass is 757 g/mol. The second-order valence-electron chi connectivity index (χ2n) is 16.4. The van der Waals surface area contributed by atoms with Crippen molar-refractivity contribution >= 4 is 39.6 Å². The molecule has 1 spiro atoms. The molecule has 0 aromatic heterocycles. The lowest BCUT2D eigenvalue weighted by Crippen LogP contribution is -2.32. The summed E-state index contributed by atoms with van der Waals surface area (Å²) in [6, 6.07) is 75.0. The van der Waals surface area contributed by atoms with Crippen LogP contribution in [0.4, 0.5) is 17.1 Å². The topological polar surface area (TPSA) is 3.24 Å². The summed E-state index contributed by atoms with van der Waals surface area (Å²) in [5.41, 5.74) is 18.7. The molecule has 12 rings (SSSR count). The van der Waals surface area contributed by atoms with Gasteiger partial charge in [0, 0.05) is 32.0 Å². The first-order chi connectivity index (χ1) is 28.5. The largest absolute Gasteiger partial charge is 0.309 e. The molecule has 58 heavy (non-hydrogen) atoms. The number of anilines is 3. The van der Waals surface area contributed by atoms with Crippen molar-refractivity contribution in [3.05, 3.63) is 234 Å². The number of hydrogen-bond donors (Lipinski definition) is 0. The van der Waals surface area contributed by atoms with Crippen molar-refractivity contribution in [3.63, 3.8) is 0 Å². The van der Waals surface area contributed by atoms with Crippen molar-refractivity contribution in [2.75, 3.05) is 4.90 Å². The molecule has 9 aromatic carbocycles. The predicted molar refractivity (Wildman–Crippen MR) is 243 cm³/mol. The SMILES string of the molecule is CC1(C)c2ccccc2-c2ccc(N(c3ccc(-c4ccccc4)cc3)c3c4c(cc5ccccc35)C3(c5ccccc5S4)c4ccccc4-c4ccccc43)cc21. The maximum Gasteiger partial charge on any atom is 0.0736 e. The Bertz CT molecular complexity index is 3080. The van der Waals surface area contributed by atoms with E-state index in [0.717, 1.165) is 11.4 Å². The highest BCUT2D eigenvalue weighted by molar-refractivity contribution is 7.99. The Hall–Kier alpha value is -6.61. The van der Waals surface area contributed by atoms with Gasteiger partial charge in [-0.15, -0.1) is 0 Å². The van der Waals surface area contributed by atoms with Gasteiger partial charge < -0.3 is 4.90 Å². The minimum absolute atomic E-state index is 0.141. The van der Waals surface area contributed by atoms with Gasteiger partial charge in [-0.3, -0.25) is 0 Å². The first-order valence-corrected chi connectivity index (χ1v) is 21.1. The van der Waals surface area contributed by atoms with E-state index in [9.17, 15) is 0 Å². The number of fused-ring (bicyclic) bond motifs is 13. The van der Waals surface area contributed by atoms with E-state index < -0.39 is 5.41 Å². The highest BCUT2D eigenvalue weighted by Gasteiger charge is 2.51. The summed E-state index contributed by atoms with van der Waals surface area (Å²) < 4.78 is 0. The third-order valence-corrected chi connectivity index (χ3v) is 14.3. The van der Waals surface area contributed by atoms with Gasteiger partial charge in [0.15, 0.2) is 0 Å². The molecule has 0 bridgehead atoms. The minimum Gasteiger partial charge on any atom is -0.309 e. The van der Waals surface area contributed by atoms with Crippen LogP contribution in [0.3, 0.4) is 0 Å². The van der Waals surface area contributed by atoms with Crippen molar-refractivity contribution in [2.24, 2.45) is 0 Å². The molecule has 1 aliphatic heterocycles. The van der Waals surface area contributed by atoms with Crippen molar-refractivity contribution in [1.29, 1.82) is 0 Å². The van der Waals surface area contributed by atoms with Gasteiger partial charge >= 0.3 is 0 Å². The van der Waals surface area contributed by atoms with Crippen molar-refractivity contribution < 1.29 is 0 Å². The maximum absolute atomic E-state index is 2.57. The second-order valence-corrected chi connectivity index (χ2v) is 17.5. The molecule has 2 aliphatic carbocycles. The van der Waals surface area contributed by atoms with Crippen LogP contribution in [0.1, 0.15) is 47.2 Å². The number of benzene rings is 9. The van der Waals surface area contributed by atoms with Crippen LogP contribution in [0.15, 0.2) is 210 Å². The van der Waals surface area contributed by atoms with Gasteiger partial charge in [-0.05, 0) is 109 Å². The zero-order chi connectivity index (χ0) is 38.6. The summed E-state index contributed by atoms with van der Waals surface area (Å²) in [7, 11) is 0. The van der Waals surface area contributed by atoms with Crippen LogP contribution in [-0.2, 0) is 10.8 Å². The number of hydrogen-bond acceptors (Lipinski definition) is 2. The molecule has 0 fully saturated rings. The summed E-state index contributed by atoms with van der Waals surface area (Å²) in [5.74, 6) is 0. The minimum atomic E-state index is -0.493. The highest BCUT2D eigenvalue weighted by Crippen LogP contribution is 2.65. The molecule has 0 saturated heterocycles. The molecule has 0 radical (unpaired) electrons. The number of rotatable bonds is 4. The molecule has 0 amide bonds. The molecule has 274 valence electrons. The van der Waals surface area contributed by atoms with Crippen LogP contribution in [0.2, 0.25) is 0 Å². The van der Waals surface area contributed by atoms with E-state index in [1.54, 1.807) is 0 Å². The van der Waals surface area contributed by atoms with Gasteiger partial charge in [0.1, 0.15) is 0 Å². The van der Waals surface area contributed by atoms with Crippen molar-refractivity contribution in [3.8, 4) is 33.4 Å². The lowest BCUT2D eigenvalue weighted by atomic mass is 9.67. The lowest BCUT2D eigenvalue weighted by molar-refractivity contribution is 0.660. The van der Waals surface area contributed by atoms with Crippen LogP contribution in [0, 0.1) is 0 Å². The first-order valence-electron chi connectivity index (χ1n) is 20.3. The van der Waals surface area contributed by atoms with E-state index in [-0.39, 0.29) is 5.41 Å². The molecule has 1 nitrogen and oxygen atoms in total. The fourth-order valence-corrected chi connectivity index (χ4v) is 11.8. The van der Waals surface area contributed by atoms with Crippen LogP contribution in [0.25, 0.3) is 44.2 Å². The summed E-state index contributed by atoms with van der Waals surface area (Å²) in [4.78, 5) is 5.15. The van der Waals surface area contributed by atoms with E-state index in [2.05, 4.69) is 219 Å². The normalized spacial score (nSPS) is 14.6. The molecule has 9 aromatic rings. The second kappa shape index (κ2) is 12.4. The lowest BCUT2D eigenvalue weighted by Gasteiger charge is -2.42. The Kier molecular flexibility index (Phi) is 7.19. The van der Waals surface area contributed by atoms with E-state index in [0.29, 0.717) is 0 Å². The van der Waals surface area contributed by atoms with Gasteiger partial charge in [-0.1, -0.05) is 189 Å². The van der Waals surface area contributed by atoms with Crippen LogP contribution < -0.4 is 4.90 Å². The highest BCUT2D eigenvalue weighted by atomic mass is 32.2. The molecule has 1 heterocycles. The Balaban J connectivity index is 1.19. The van der Waals surface area contributed by atoms with Gasteiger partial charge in [-0.2, -0.15) is 0 Å². The molecule has 0 N–H and O–H groups in total. The molecule has 2 heteroatoms. The van der Waals surface area contributed by atoms with Gasteiger partial charge in [0.25, 0.3) is 0 Å². The average Bonchev–Trinajstić information content (AvgIpc) is 3.70. The molecule has 0 atom stereocenters. The Morgan fingerprint density at radius 2 is 0.931 bits per heavy atom. The Morgan fingerprint density at radius 3 is 1.66 bits per heavy atom. The van der Waals surface area contributed by atoms with Crippen LogP contribution in [0.5, 0.6) is 0 Å². The third kappa shape index (κ3) is 4.55. The third-order valence-electron chi connectivity index (χ3n) is 13.1. The van der Waals surface area contributed by atoms with Crippen LogP contribution in [-0.4, -0.2) is 0 Å². The molecule has 3 aliphatic rings. The average molecular weight is 758 g/mol. The summed E-state index contributed by atoms with van der Waals surface area (Å²) in [6.45, 7) is 4.76. The summed E-state index contributed by atoms with van der Waals surface area (Å²) in [5, 5.41) is 2.47. The number of nitrogens with zero attached hydrogens (tertiary/aromatic N) is 1. The Morgan fingerprint density at radius 1 is 0.397 bits per heavy atom. The van der Waals surface area contributed by atoms with E-state index in [1.807, 2.05) is 11.8 Å². The summed E-state index contributed by atoms with van der Waals surface area (Å²) >= 11 is 1.93. The van der Waals surface area contributed by atoms with Gasteiger partial charge in [-0.25, -0.2) is 0 Å². The van der Waals surface area contributed by atoms with Gasteiger partial charge in [0.2, 0.25) is 0 Å². The zero-order valence-electron chi connectivity index (χ0n) is 32.4. The standard InChI is InChI=1S/C56H39NS/c1-55(2)46-23-11-8-20-42(46)45-33-32-40(35-50(45)55)57(39-30-28-37(29-31-39)36-16-4-3-5-17-36)53-41-19-7-6-18-38(41)34-51-54(53)58-52-27-15-14-26-49(52)56(51)47-24-12-9-21-43(47)44-22-10-13-25-48(44)56/h3-35H,1-2H3. The summed E-state index contributed by atoms with van der Waals surface area (Å²) in [6.07, 6.45) is 0. The maximum atomic E-state index is 2.57. The smallest absolute Gasteiger partial charge is 0.0736 e. The fourth-order valence-electron chi connectivity index (χ4n) is 10.5. The molecular weight excluding hydrogens is 719 g/mol. The predicted octanol–water partition coefficient (Wildman–Crippen LogP) is 15.1. The molecule has 0 saturated carbocycles. The van der Waals surface area contributed by atoms with Crippen molar-refractivity contribution in [2.45, 2.75) is 34.5 Å². The first kappa shape index (κ1) is 33.5. The van der Waals surface area contributed by atoms with E-state index >= 15 is 0 Å². The van der Waals surface area contributed by atoms with Crippen LogP contribution >= 0.6 is 11.8 Å². The quantitative estimate of drug-likeness (QED) is 0.176.